The maximum Gasteiger partial charge on any atom is 0.174 e. The highest BCUT2D eigenvalue weighted by Gasteiger charge is 2.13. The summed E-state index contributed by atoms with van der Waals surface area (Å²) in [4.78, 5) is 0. The van der Waals surface area contributed by atoms with Crippen LogP contribution in [-0.2, 0) is 13.2 Å². The number of methoxy groups -OCH3 is 1. The van der Waals surface area contributed by atoms with Crippen LogP contribution in [0, 0.1) is 3.57 Å². The Bertz CT molecular complexity index is 930. The van der Waals surface area contributed by atoms with E-state index in [1.54, 1.807) is 7.11 Å². The topological polar surface area (TPSA) is 39.7 Å². The number of hydrogen-bond acceptors (Lipinski definition) is 4. The molecule has 0 heterocycles. The molecule has 0 radical (unpaired) electrons. The molecule has 0 spiro atoms. The lowest BCUT2D eigenvalue weighted by Crippen LogP contribution is -2.05. The van der Waals surface area contributed by atoms with E-state index in [9.17, 15) is 0 Å². The van der Waals surface area contributed by atoms with Crippen LogP contribution < -0.4 is 19.5 Å². The minimum absolute atomic E-state index is 0.455. The second-order valence-corrected chi connectivity index (χ2v) is 7.93. The molecule has 0 amide bonds. The summed E-state index contributed by atoms with van der Waals surface area (Å²) in [6, 6.07) is 19.7. The average molecular weight is 524 g/mol. The third kappa shape index (κ3) is 6.18. The first-order valence-corrected chi connectivity index (χ1v) is 10.7. The molecule has 3 aromatic carbocycles. The Labute approximate surface area is 190 Å². The van der Waals surface area contributed by atoms with Gasteiger partial charge in [-0.3, -0.25) is 0 Å². The summed E-state index contributed by atoms with van der Waals surface area (Å²) in [6.07, 6.45) is 0. The lowest BCUT2D eigenvalue weighted by atomic mass is 10.2. The van der Waals surface area contributed by atoms with E-state index in [0.29, 0.717) is 24.8 Å². The number of hydrogen-bond donors (Lipinski definition) is 1. The molecule has 0 aliphatic heterocycles. The van der Waals surface area contributed by atoms with Crippen LogP contribution in [0.2, 0.25) is 5.02 Å². The first-order chi connectivity index (χ1) is 14.1. The van der Waals surface area contributed by atoms with Crippen LogP contribution in [0.15, 0.2) is 60.7 Å². The summed E-state index contributed by atoms with van der Waals surface area (Å²) in [5.74, 6) is 2.35. The Morgan fingerprint density at radius 3 is 2.31 bits per heavy atom. The van der Waals surface area contributed by atoms with Gasteiger partial charge in [-0.2, -0.15) is 0 Å². The summed E-state index contributed by atoms with van der Waals surface area (Å²) < 4.78 is 18.1. The molecule has 0 bridgehead atoms. The van der Waals surface area contributed by atoms with Gasteiger partial charge in [-0.25, -0.2) is 0 Å². The molecule has 4 nitrogen and oxygen atoms in total. The maximum atomic E-state index is 6.08. The van der Waals surface area contributed by atoms with E-state index < -0.39 is 0 Å². The van der Waals surface area contributed by atoms with Crippen molar-refractivity contribution in [3.63, 3.8) is 0 Å². The molecular weight excluding hydrogens is 501 g/mol. The molecule has 6 heteroatoms. The van der Waals surface area contributed by atoms with E-state index in [4.69, 9.17) is 25.8 Å². The normalized spacial score (nSPS) is 10.5. The van der Waals surface area contributed by atoms with Gasteiger partial charge in [0, 0.05) is 17.3 Å². The van der Waals surface area contributed by atoms with Crippen LogP contribution in [0.5, 0.6) is 17.2 Å². The van der Waals surface area contributed by atoms with Crippen molar-refractivity contribution in [3.05, 3.63) is 80.4 Å². The van der Waals surface area contributed by atoms with Gasteiger partial charge in [-0.15, -0.1) is 0 Å². The van der Waals surface area contributed by atoms with Gasteiger partial charge in [0.05, 0.1) is 17.3 Å². The zero-order valence-corrected chi connectivity index (χ0v) is 19.3. The number of nitrogens with one attached hydrogen (secondary N) is 1. The van der Waals surface area contributed by atoms with Gasteiger partial charge in [-0.05, 0) is 89.2 Å². The molecule has 0 saturated heterocycles. The fraction of sp³-hybridized carbons (Fsp3) is 0.217. The summed E-state index contributed by atoms with van der Waals surface area (Å²) >= 11 is 8.25. The molecule has 0 aliphatic rings. The first kappa shape index (κ1) is 21.6. The van der Waals surface area contributed by atoms with Gasteiger partial charge in [0.1, 0.15) is 12.4 Å². The minimum Gasteiger partial charge on any atom is -0.497 e. The predicted molar refractivity (Wildman–Crippen MR) is 126 cm³/mol. The van der Waals surface area contributed by atoms with Crippen LogP contribution in [0.3, 0.4) is 0 Å². The zero-order chi connectivity index (χ0) is 20.6. The molecule has 0 aliphatic carbocycles. The van der Waals surface area contributed by atoms with Gasteiger partial charge in [-0.1, -0.05) is 23.7 Å². The summed E-state index contributed by atoms with van der Waals surface area (Å²) in [5, 5.41) is 4.14. The molecule has 152 valence electrons. The molecule has 3 aromatic rings. The Hall–Kier alpha value is -2.12. The van der Waals surface area contributed by atoms with Crippen molar-refractivity contribution in [2.45, 2.75) is 20.1 Å². The standard InChI is InChI=1S/C23H23ClINO3/c1-3-28-22-13-17(14-26-19-8-10-20(27-2)11-9-19)12-21(25)23(22)29-15-16-4-6-18(24)7-5-16/h4-13,26H,3,14-15H2,1-2H3. The van der Waals surface area contributed by atoms with Gasteiger partial charge >= 0.3 is 0 Å². The van der Waals surface area contributed by atoms with Crippen LogP contribution >= 0.6 is 34.2 Å². The molecule has 29 heavy (non-hydrogen) atoms. The van der Waals surface area contributed by atoms with Crippen LogP contribution in [-0.4, -0.2) is 13.7 Å². The smallest absolute Gasteiger partial charge is 0.174 e. The molecule has 0 unspecified atom stereocenters. The minimum atomic E-state index is 0.455. The van der Waals surface area contributed by atoms with Crippen molar-refractivity contribution < 1.29 is 14.2 Å². The van der Waals surface area contributed by atoms with E-state index in [1.807, 2.05) is 61.5 Å². The Morgan fingerprint density at radius 1 is 0.931 bits per heavy atom. The lowest BCUT2D eigenvalue weighted by Gasteiger charge is -2.16. The fourth-order valence-corrected chi connectivity index (χ4v) is 3.72. The van der Waals surface area contributed by atoms with E-state index in [-0.39, 0.29) is 0 Å². The second-order valence-electron chi connectivity index (χ2n) is 6.34. The zero-order valence-electron chi connectivity index (χ0n) is 16.4. The Balaban J connectivity index is 1.71. The highest BCUT2D eigenvalue weighted by Crippen LogP contribution is 2.35. The average Bonchev–Trinajstić information content (AvgIpc) is 2.73. The van der Waals surface area contributed by atoms with Crippen LogP contribution in [0.4, 0.5) is 5.69 Å². The van der Waals surface area contributed by atoms with Gasteiger partial charge in [0.2, 0.25) is 0 Å². The molecule has 0 atom stereocenters. The molecule has 3 rings (SSSR count). The summed E-state index contributed by atoms with van der Waals surface area (Å²) in [6.45, 7) is 3.68. The number of anilines is 1. The van der Waals surface area contributed by atoms with Crippen LogP contribution in [0.25, 0.3) is 0 Å². The summed E-state index contributed by atoms with van der Waals surface area (Å²) in [5.41, 5.74) is 3.20. The van der Waals surface area contributed by atoms with Crippen molar-refractivity contribution >= 4 is 39.9 Å². The van der Waals surface area contributed by atoms with E-state index in [1.165, 1.54) is 0 Å². The monoisotopic (exact) mass is 523 g/mol. The second kappa shape index (κ2) is 10.6. The molecular formula is C23H23ClINO3. The van der Waals surface area contributed by atoms with Gasteiger partial charge in [0.15, 0.2) is 11.5 Å². The predicted octanol–water partition coefficient (Wildman–Crippen LogP) is 6.54. The summed E-state index contributed by atoms with van der Waals surface area (Å²) in [7, 11) is 1.66. The van der Waals surface area contributed by atoms with E-state index in [0.717, 1.165) is 37.6 Å². The van der Waals surface area contributed by atoms with Crippen molar-refractivity contribution in [2.75, 3.05) is 19.0 Å². The Kier molecular flexibility index (Phi) is 7.89. The third-order valence-corrected chi connectivity index (χ3v) is 5.31. The van der Waals surface area contributed by atoms with Crippen molar-refractivity contribution in [2.24, 2.45) is 0 Å². The number of benzene rings is 3. The van der Waals surface area contributed by atoms with Crippen molar-refractivity contribution in [1.29, 1.82) is 0 Å². The van der Waals surface area contributed by atoms with E-state index >= 15 is 0 Å². The Morgan fingerprint density at radius 2 is 1.66 bits per heavy atom. The first-order valence-electron chi connectivity index (χ1n) is 9.29. The highest BCUT2D eigenvalue weighted by molar-refractivity contribution is 14.1. The molecule has 0 saturated carbocycles. The fourth-order valence-electron chi connectivity index (χ4n) is 2.78. The maximum absolute atomic E-state index is 6.08. The van der Waals surface area contributed by atoms with Crippen molar-refractivity contribution in [1.82, 2.24) is 0 Å². The third-order valence-electron chi connectivity index (χ3n) is 4.25. The lowest BCUT2D eigenvalue weighted by molar-refractivity contribution is 0.267. The molecule has 1 N–H and O–H groups in total. The van der Waals surface area contributed by atoms with Crippen molar-refractivity contribution in [3.8, 4) is 17.2 Å². The highest BCUT2D eigenvalue weighted by atomic mass is 127. The van der Waals surface area contributed by atoms with Gasteiger partial charge in [0.25, 0.3) is 0 Å². The van der Waals surface area contributed by atoms with Crippen LogP contribution in [0.1, 0.15) is 18.1 Å². The SMILES string of the molecule is CCOc1cc(CNc2ccc(OC)cc2)cc(I)c1OCc1ccc(Cl)cc1. The molecule has 0 fully saturated rings. The quantitative estimate of drug-likeness (QED) is 0.323. The number of ether oxygens (including phenoxy) is 3. The van der Waals surface area contributed by atoms with E-state index in [2.05, 4.69) is 34.0 Å². The number of rotatable bonds is 9. The largest absolute Gasteiger partial charge is 0.497 e. The molecule has 0 aromatic heterocycles. The van der Waals surface area contributed by atoms with Gasteiger partial charge < -0.3 is 19.5 Å². The number of halogens is 2.